The van der Waals surface area contributed by atoms with Crippen LogP contribution in [0.4, 0.5) is 0 Å². The van der Waals surface area contributed by atoms with E-state index in [2.05, 4.69) is 26.6 Å². The largest absolute Gasteiger partial charge is 0.297 e. The highest BCUT2D eigenvalue weighted by atomic mass is 32.2. The summed E-state index contributed by atoms with van der Waals surface area (Å²) in [5, 5.41) is 21.1. The van der Waals surface area contributed by atoms with E-state index in [0.717, 1.165) is 30.8 Å². The van der Waals surface area contributed by atoms with Crippen LogP contribution in [0.1, 0.15) is 38.5 Å². The summed E-state index contributed by atoms with van der Waals surface area (Å²) in [5.41, 5.74) is -0.308. The minimum absolute atomic E-state index is 0.308. The lowest BCUT2D eigenvalue weighted by atomic mass is 9.82. The van der Waals surface area contributed by atoms with Gasteiger partial charge in [-0.25, -0.2) is 4.98 Å². The minimum Gasteiger partial charge on any atom is -0.297 e. The summed E-state index contributed by atoms with van der Waals surface area (Å²) < 4.78 is 0. The molecule has 1 aromatic heterocycles. The smallest absolute Gasteiger partial charge is 0.183 e. The first-order valence-electron chi connectivity index (χ1n) is 6.51. The van der Waals surface area contributed by atoms with Gasteiger partial charge in [-0.2, -0.15) is 10.4 Å². The van der Waals surface area contributed by atoms with Crippen molar-refractivity contribution in [1.29, 1.82) is 5.26 Å². The van der Waals surface area contributed by atoms with Crippen LogP contribution >= 0.6 is 11.8 Å². The molecule has 1 heterocycles. The van der Waals surface area contributed by atoms with Crippen LogP contribution in [-0.4, -0.2) is 32.0 Å². The SMILES string of the molecule is N#CC1(NC2CC2)CCCC(Sc2ncn[nH]2)C1. The van der Waals surface area contributed by atoms with Gasteiger partial charge in [0.15, 0.2) is 5.16 Å². The van der Waals surface area contributed by atoms with Gasteiger partial charge in [-0.1, -0.05) is 11.8 Å². The maximum Gasteiger partial charge on any atom is 0.183 e. The van der Waals surface area contributed by atoms with E-state index in [4.69, 9.17) is 0 Å². The minimum atomic E-state index is -0.308. The van der Waals surface area contributed by atoms with Crippen molar-refractivity contribution >= 4 is 11.8 Å². The lowest BCUT2D eigenvalue weighted by Crippen LogP contribution is -2.49. The number of rotatable bonds is 4. The summed E-state index contributed by atoms with van der Waals surface area (Å²) in [6.45, 7) is 0. The van der Waals surface area contributed by atoms with Crippen molar-refractivity contribution in [2.75, 3.05) is 0 Å². The summed E-state index contributed by atoms with van der Waals surface area (Å²) in [7, 11) is 0. The zero-order valence-corrected chi connectivity index (χ0v) is 11.0. The van der Waals surface area contributed by atoms with E-state index >= 15 is 0 Å². The molecular formula is C12H17N5S. The molecule has 0 saturated heterocycles. The molecule has 2 aliphatic carbocycles. The Balaban J connectivity index is 1.64. The average molecular weight is 263 g/mol. The Kier molecular flexibility index (Phi) is 3.27. The number of nitrogens with zero attached hydrogens (tertiary/aromatic N) is 3. The highest BCUT2D eigenvalue weighted by molar-refractivity contribution is 7.99. The van der Waals surface area contributed by atoms with Gasteiger partial charge < -0.3 is 0 Å². The zero-order chi connectivity index (χ0) is 12.4. The van der Waals surface area contributed by atoms with Crippen LogP contribution in [0, 0.1) is 11.3 Å². The van der Waals surface area contributed by atoms with Gasteiger partial charge in [0, 0.05) is 11.3 Å². The van der Waals surface area contributed by atoms with Crippen molar-refractivity contribution in [1.82, 2.24) is 20.5 Å². The maximum atomic E-state index is 9.50. The number of hydrogen-bond donors (Lipinski definition) is 2. The number of nitriles is 1. The van der Waals surface area contributed by atoms with E-state index < -0.39 is 0 Å². The first-order valence-corrected chi connectivity index (χ1v) is 7.39. The first-order chi connectivity index (χ1) is 8.80. The second kappa shape index (κ2) is 4.90. The molecule has 0 amide bonds. The third kappa shape index (κ3) is 2.68. The fourth-order valence-electron chi connectivity index (χ4n) is 2.62. The number of aromatic amines is 1. The fraction of sp³-hybridized carbons (Fsp3) is 0.750. The number of H-pyrrole nitrogens is 1. The number of nitrogens with one attached hydrogen (secondary N) is 2. The molecule has 0 aliphatic heterocycles. The van der Waals surface area contributed by atoms with E-state index in [1.165, 1.54) is 19.2 Å². The van der Waals surface area contributed by atoms with Crippen LogP contribution in [-0.2, 0) is 0 Å². The van der Waals surface area contributed by atoms with Crippen LogP contribution in [0.25, 0.3) is 0 Å². The molecule has 0 bridgehead atoms. The summed E-state index contributed by atoms with van der Waals surface area (Å²) in [4.78, 5) is 4.15. The van der Waals surface area contributed by atoms with Gasteiger partial charge in [0.2, 0.25) is 0 Å². The monoisotopic (exact) mass is 263 g/mol. The summed E-state index contributed by atoms with van der Waals surface area (Å²) in [6.07, 6.45) is 8.14. The van der Waals surface area contributed by atoms with Crippen molar-refractivity contribution in [3.05, 3.63) is 6.33 Å². The molecule has 6 heteroatoms. The second-order valence-corrected chi connectivity index (χ2v) is 6.53. The third-order valence-electron chi connectivity index (χ3n) is 3.65. The summed E-state index contributed by atoms with van der Waals surface area (Å²) >= 11 is 1.72. The lowest BCUT2D eigenvalue weighted by Gasteiger charge is -2.36. The Morgan fingerprint density at radius 1 is 1.50 bits per heavy atom. The van der Waals surface area contributed by atoms with Crippen LogP contribution in [0.3, 0.4) is 0 Å². The standard InChI is InChI=1S/C12H17N5S/c13-7-12(16-9-3-4-9)5-1-2-10(6-12)18-11-14-8-15-17-11/h8-10,16H,1-6H2,(H,14,15,17). The Morgan fingerprint density at radius 2 is 2.39 bits per heavy atom. The van der Waals surface area contributed by atoms with E-state index in [-0.39, 0.29) is 5.54 Å². The molecule has 2 fully saturated rings. The quantitative estimate of drug-likeness (QED) is 0.867. The molecule has 2 aliphatic rings. The summed E-state index contributed by atoms with van der Waals surface area (Å²) in [6, 6.07) is 3.11. The zero-order valence-electron chi connectivity index (χ0n) is 10.2. The molecule has 2 unspecified atom stereocenters. The Bertz CT molecular complexity index is 436. The molecule has 0 radical (unpaired) electrons. The Hall–Kier alpha value is -1.06. The normalized spacial score (nSPS) is 32.1. The van der Waals surface area contributed by atoms with Crippen molar-refractivity contribution in [3.63, 3.8) is 0 Å². The third-order valence-corrected chi connectivity index (χ3v) is 4.80. The molecule has 96 valence electrons. The van der Waals surface area contributed by atoms with Crippen molar-refractivity contribution < 1.29 is 0 Å². The van der Waals surface area contributed by atoms with Gasteiger partial charge in [-0.05, 0) is 38.5 Å². The number of hydrogen-bond acceptors (Lipinski definition) is 5. The molecule has 2 atom stereocenters. The van der Waals surface area contributed by atoms with Crippen LogP contribution in [0.5, 0.6) is 0 Å². The molecule has 2 saturated carbocycles. The predicted octanol–water partition coefficient (Wildman–Crippen LogP) is 1.85. The van der Waals surface area contributed by atoms with E-state index in [9.17, 15) is 5.26 Å². The molecular weight excluding hydrogens is 246 g/mol. The van der Waals surface area contributed by atoms with Gasteiger partial charge in [0.05, 0.1) is 6.07 Å². The van der Waals surface area contributed by atoms with Crippen molar-refractivity contribution in [2.45, 2.75) is 60.5 Å². The first kappa shape index (κ1) is 12.0. The maximum absolute atomic E-state index is 9.50. The molecule has 0 aromatic carbocycles. The lowest BCUT2D eigenvalue weighted by molar-refractivity contribution is 0.301. The molecule has 0 spiro atoms. The molecule has 3 rings (SSSR count). The highest BCUT2D eigenvalue weighted by Crippen LogP contribution is 2.38. The topological polar surface area (TPSA) is 77.4 Å². The number of thioether (sulfide) groups is 1. The van der Waals surface area contributed by atoms with Crippen LogP contribution in [0.15, 0.2) is 11.5 Å². The molecule has 1 aromatic rings. The van der Waals surface area contributed by atoms with E-state index in [0.29, 0.717) is 11.3 Å². The average Bonchev–Trinajstić information content (AvgIpc) is 3.03. The molecule has 2 N–H and O–H groups in total. The Morgan fingerprint density at radius 3 is 3.06 bits per heavy atom. The van der Waals surface area contributed by atoms with Gasteiger partial charge in [-0.3, -0.25) is 10.4 Å². The summed E-state index contributed by atoms with van der Waals surface area (Å²) in [5.74, 6) is 0. The molecule has 5 nitrogen and oxygen atoms in total. The van der Waals surface area contributed by atoms with Gasteiger partial charge in [-0.15, -0.1) is 0 Å². The van der Waals surface area contributed by atoms with E-state index in [1.807, 2.05) is 0 Å². The van der Waals surface area contributed by atoms with Gasteiger partial charge >= 0.3 is 0 Å². The van der Waals surface area contributed by atoms with Crippen LogP contribution < -0.4 is 5.32 Å². The van der Waals surface area contributed by atoms with Crippen LogP contribution in [0.2, 0.25) is 0 Å². The van der Waals surface area contributed by atoms with Crippen molar-refractivity contribution in [3.8, 4) is 6.07 Å². The number of aromatic nitrogens is 3. The molecule has 18 heavy (non-hydrogen) atoms. The predicted molar refractivity (Wildman–Crippen MR) is 69.0 cm³/mol. The van der Waals surface area contributed by atoms with E-state index in [1.54, 1.807) is 11.8 Å². The fourth-order valence-corrected chi connectivity index (χ4v) is 3.80. The van der Waals surface area contributed by atoms with Gasteiger partial charge in [0.1, 0.15) is 11.9 Å². The van der Waals surface area contributed by atoms with Gasteiger partial charge in [0.25, 0.3) is 0 Å². The Labute approximate surface area is 111 Å². The second-order valence-electron chi connectivity index (χ2n) is 5.24. The highest BCUT2D eigenvalue weighted by Gasteiger charge is 2.40. The van der Waals surface area contributed by atoms with Crippen molar-refractivity contribution in [2.24, 2.45) is 0 Å².